The highest BCUT2D eigenvalue weighted by molar-refractivity contribution is 5.82. The lowest BCUT2D eigenvalue weighted by atomic mass is 10.2. The fourth-order valence-corrected chi connectivity index (χ4v) is 1.39. The van der Waals surface area contributed by atoms with Crippen molar-refractivity contribution < 1.29 is 19.8 Å². The first-order chi connectivity index (χ1) is 7.63. The summed E-state index contributed by atoms with van der Waals surface area (Å²) in [4.78, 5) is 21.9. The van der Waals surface area contributed by atoms with Gasteiger partial charge in [0.05, 0.1) is 0 Å². The summed E-state index contributed by atoms with van der Waals surface area (Å²) >= 11 is 0. The van der Waals surface area contributed by atoms with Crippen molar-refractivity contribution in [1.82, 2.24) is 10.6 Å². The zero-order chi connectivity index (χ0) is 12.0. The quantitative estimate of drug-likeness (QED) is 0.491. The van der Waals surface area contributed by atoms with Gasteiger partial charge in [0.15, 0.2) is 0 Å². The van der Waals surface area contributed by atoms with Crippen LogP contribution in [0.1, 0.15) is 25.7 Å². The van der Waals surface area contributed by atoms with Gasteiger partial charge in [-0.2, -0.15) is 0 Å². The fourth-order valence-electron chi connectivity index (χ4n) is 1.39. The molecule has 4 N–H and O–H groups in total. The van der Waals surface area contributed by atoms with Crippen LogP contribution in [-0.2, 0) is 4.79 Å². The van der Waals surface area contributed by atoms with Crippen LogP contribution in [0.15, 0.2) is 0 Å². The van der Waals surface area contributed by atoms with E-state index in [-0.39, 0.29) is 13.0 Å². The molecule has 6 heteroatoms. The molecular formula is C10H18N2O4. The third-order valence-corrected chi connectivity index (χ3v) is 2.56. The van der Waals surface area contributed by atoms with E-state index in [4.69, 9.17) is 10.2 Å². The topological polar surface area (TPSA) is 98.7 Å². The minimum atomic E-state index is -1.13. The number of aliphatic hydroxyl groups excluding tert-OH is 1. The molecule has 0 bridgehead atoms. The zero-order valence-electron chi connectivity index (χ0n) is 9.11. The second kappa shape index (κ2) is 6.32. The van der Waals surface area contributed by atoms with Crippen LogP contribution >= 0.6 is 0 Å². The van der Waals surface area contributed by atoms with Crippen LogP contribution in [0, 0.1) is 5.92 Å². The van der Waals surface area contributed by atoms with Crippen LogP contribution < -0.4 is 10.6 Å². The molecule has 92 valence electrons. The van der Waals surface area contributed by atoms with Crippen molar-refractivity contribution >= 4 is 12.0 Å². The number of amides is 2. The lowest BCUT2D eigenvalue weighted by Crippen LogP contribution is -2.46. The number of carbonyl (C=O) groups is 2. The van der Waals surface area contributed by atoms with Crippen LogP contribution in [0.4, 0.5) is 4.79 Å². The van der Waals surface area contributed by atoms with Crippen LogP contribution in [0.2, 0.25) is 0 Å². The van der Waals surface area contributed by atoms with E-state index in [0.29, 0.717) is 6.54 Å². The molecule has 6 nitrogen and oxygen atoms in total. The van der Waals surface area contributed by atoms with E-state index in [2.05, 4.69) is 10.6 Å². The summed E-state index contributed by atoms with van der Waals surface area (Å²) in [6, 6.07) is -1.51. The Bertz CT molecular complexity index is 253. The second-order valence-electron chi connectivity index (χ2n) is 4.04. The van der Waals surface area contributed by atoms with Crippen molar-refractivity contribution in [3.63, 3.8) is 0 Å². The van der Waals surface area contributed by atoms with Crippen LogP contribution in [0.3, 0.4) is 0 Å². The molecule has 1 atom stereocenters. The number of carboxylic acid groups (broad SMARTS) is 1. The molecule has 1 aliphatic rings. The molecule has 0 unspecified atom stereocenters. The molecule has 1 fully saturated rings. The van der Waals surface area contributed by atoms with Crippen molar-refractivity contribution in [1.29, 1.82) is 0 Å². The molecular weight excluding hydrogens is 212 g/mol. The maximum absolute atomic E-state index is 11.3. The third kappa shape index (κ3) is 4.97. The van der Waals surface area contributed by atoms with Crippen LogP contribution in [-0.4, -0.2) is 41.4 Å². The average molecular weight is 230 g/mol. The summed E-state index contributed by atoms with van der Waals surface area (Å²) in [5, 5.41) is 22.2. The van der Waals surface area contributed by atoms with Crippen molar-refractivity contribution in [2.24, 2.45) is 5.92 Å². The van der Waals surface area contributed by atoms with E-state index in [1.807, 2.05) is 0 Å². The molecule has 0 aliphatic heterocycles. The molecule has 0 aromatic heterocycles. The lowest BCUT2D eigenvalue weighted by molar-refractivity contribution is -0.139. The van der Waals surface area contributed by atoms with Crippen LogP contribution in [0.5, 0.6) is 0 Å². The number of carboxylic acids is 1. The monoisotopic (exact) mass is 230 g/mol. The summed E-state index contributed by atoms with van der Waals surface area (Å²) in [6.45, 7) is 0.307. The van der Waals surface area contributed by atoms with Gasteiger partial charge in [-0.25, -0.2) is 9.59 Å². The smallest absolute Gasteiger partial charge is 0.326 e. The summed E-state index contributed by atoms with van der Waals surface area (Å²) in [5.41, 5.74) is 0. The summed E-state index contributed by atoms with van der Waals surface area (Å²) in [7, 11) is 0. The molecule has 0 spiro atoms. The standard InChI is InChI=1S/C10H18N2O4/c13-6-4-8(9(14)15)12-10(16)11-5-3-7-1-2-7/h7-8,13H,1-6H2,(H,14,15)(H2,11,12,16)/t8-/m0/s1. The Hall–Kier alpha value is -1.30. The predicted octanol–water partition coefficient (Wildman–Crippen LogP) is -0.0787. The van der Waals surface area contributed by atoms with E-state index in [9.17, 15) is 9.59 Å². The molecule has 1 rings (SSSR count). The summed E-state index contributed by atoms with van der Waals surface area (Å²) in [5.74, 6) is -0.403. The van der Waals surface area contributed by atoms with Gasteiger partial charge in [-0.15, -0.1) is 0 Å². The van der Waals surface area contributed by atoms with Gasteiger partial charge in [0.25, 0.3) is 0 Å². The minimum absolute atomic E-state index is 0.0192. The first kappa shape index (κ1) is 12.8. The Morgan fingerprint density at radius 2 is 2.06 bits per heavy atom. The maximum Gasteiger partial charge on any atom is 0.326 e. The predicted molar refractivity (Wildman–Crippen MR) is 57.0 cm³/mol. The highest BCUT2D eigenvalue weighted by atomic mass is 16.4. The molecule has 0 radical (unpaired) electrons. The fraction of sp³-hybridized carbons (Fsp3) is 0.800. The first-order valence-electron chi connectivity index (χ1n) is 5.51. The van der Waals surface area contributed by atoms with Gasteiger partial charge in [0, 0.05) is 19.6 Å². The van der Waals surface area contributed by atoms with E-state index in [1.165, 1.54) is 12.8 Å². The maximum atomic E-state index is 11.3. The van der Waals surface area contributed by atoms with Gasteiger partial charge in [-0.05, 0) is 12.3 Å². The number of rotatable bonds is 7. The van der Waals surface area contributed by atoms with Gasteiger partial charge in [-0.1, -0.05) is 12.8 Å². The Balaban J connectivity index is 2.15. The van der Waals surface area contributed by atoms with Gasteiger partial charge in [0.1, 0.15) is 6.04 Å². The van der Waals surface area contributed by atoms with E-state index >= 15 is 0 Å². The Labute approximate surface area is 94.0 Å². The summed E-state index contributed by atoms with van der Waals surface area (Å²) < 4.78 is 0. The molecule has 0 aromatic carbocycles. The van der Waals surface area contributed by atoms with Gasteiger partial charge in [-0.3, -0.25) is 0 Å². The molecule has 2 amide bonds. The number of carbonyl (C=O) groups excluding carboxylic acids is 1. The average Bonchev–Trinajstić information content (AvgIpc) is 3.01. The second-order valence-corrected chi connectivity index (χ2v) is 4.04. The van der Waals surface area contributed by atoms with Crippen molar-refractivity contribution in [3.8, 4) is 0 Å². The molecule has 1 saturated carbocycles. The minimum Gasteiger partial charge on any atom is -0.480 e. The largest absolute Gasteiger partial charge is 0.480 e. The van der Waals surface area contributed by atoms with E-state index in [0.717, 1.165) is 12.3 Å². The van der Waals surface area contributed by atoms with Gasteiger partial charge < -0.3 is 20.8 Å². The van der Waals surface area contributed by atoms with Crippen molar-refractivity contribution in [2.45, 2.75) is 31.7 Å². The SMILES string of the molecule is O=C(NCCC1CC1)N[C@@H](CCO)C(=O)O. The van der Waals surface area contributed by atoms with E-state index < -0.39 is 18.0 Å². The molecule has 0 aromatic rings. The number of aliphatic hydroxyl groups is 1. The Morgan fingerprint density at radius 3 is 2.56 bits per heavy atom. The number of hydrogen-bond acceptors (Lipinski definition) is 3. The summed E-state index contributed by atoms with van der Waals surface area (Å²) in [6.07, 6.45) is 3.42. The highest BCUT2D eigenvalue weighted by Crippen LogP contribution is 2.31. The number of aliphatic carboxylic acids is 1. The Kier molecular flexibility index (Phi) is 5.04. The van der Waals surface area contributed by atoms with Crippen molar-refractivity contribution in [2.75, 3.05) is 13.2 Å². The molecule has 1 aliphatic carbocycles. The van der Waals surface area contributed by atoms with E-state index in [1.54, 1.807) is 0 Å². The van der Waals surface area contributed by atoms with Crippen molar-refractivity contribution in [3.05, 3.63) is 0 Å². The number of urea groups is 1. The highest BCUT2D eigenvalue weighted by Gasteiger charge is 2.22. The molecule has 0 saturated heterocycles. The number of hydrogen-bond donors (Lipinski definition) is 4. The number of nitrogens with one attached hydrogen (secondary N) is 2. The first-order valence-corrected chi connectivity index (χ1v) is 5.51. The molecule has 16 heavy (non-hydrogen) atoms. The third-order valence-electron chi connectivity index (χ3n) is 2.56. The van der Waals surface area contributed by atoms with Crippen LogP contribution in [0.25, 0.3) is 0 Å². The lowest BCUT2D eigenvalue weighted by Gasteiger charge is -2.13. The Morgan fingerprint density at radius 1 is 1.38 bits per heavy atom. The van der Waals surface area contributed by atoms with Gasteiger partial charge in [0.2, 0.25) is 0 Å². The normalized spacial score (nSPS) is 16.6. The molecule has 0 heterocycles. The van der Waals surface area contributed by atoms with Gasteiger partial charge >= 0.3 is 12.0 Å². The zero-order valence-corrected chi connectivity index (χ0v) is 9.11.